The van der Waals surface area contributed by atoms with Crippen molar-refractivity contribution in [2.45, 2.75) is 23.5 Å². The molecule has 0 saturated heterocycles. The normalized spacial score (nSPS) is 11.6. The summed E-state index contributed by atoms with van der Waals surface area (Å²) in [5.41, 5.74) is 1.97. The minimum absolute atomic E-state index is 0.0199. The molecule has 0 fully saturated rings. The lowest BCUT2D eigenvalue weighted by atomic mass is 10.1. The van der Waals surface area contributed by atoms with Crippen LogP contribution in [0.25, 0.3) is 6.08 Å². The second-order valence-electron chi connectivity index (χ2n) is 9.83. The summed E-state index contributed by atoms with van der Waals surface area (Å²) in [6.45, 7) is 1.93. The Bertz CT molecular complexity index is 1710. The van der Waals surface area contributed by atoms with Crippen molar-refractivity contribution in [1.29, 1.82) is 0 Å². The minimum Gasteiger partial charge on any atom is -0.493 e. The third-order valence-corrected chi connectivity index (χ3v) is 8.25. The maximum absolute atomic E-state index is 13.7. The quantitative estimate of drug-likeness (QED) is 0.102. The van der Waals surface area contributed by atoms with Crippen LogP contribution in [0.3, 0.4) is 0 Å². The van der Waals surface area contributed by atoms with E-state index in [1.165, 1.54) is 39.2 Å². The number of methoxy groups -OCH3 is 3. The number of ether oxygens (including phenoxy) is 3. The summed E-state index contributed by atoms with van der Waals surface area (Å²) < 4.78 is 16.3. The molecule has 238 valence electrons. The predicted molar refractivity (Wildman–Crippen MR) is 183 cm³/mol. The Morgan fingerprint density at radius 2 is 1.46 bits per heavy atom. The molecular weight excluding hydrogens is 626 g/mol. The van der Waals surface area contributed by atoms with Gasteiger partial charge in [0.2, 0.25) is 11.7 Å². The number of benzene rings is 4. The Balaban J connectivity index is 1.58. The fourth-order valence-corrected chi connectivity index (χ4v) is 5.62. The Kier molecular flexibility index (Phi) is 12.1. The van der Waals surface area contributed by atoms with Crippen LogP contribution in [0.1, 0.15) is 29.3 Å². The molecule has 0 aliphatic heterocycles. The number of amides is 3. The molecule has 1 unspecified atom stereocenters. The van der Waals surface area contributed by atoms with E-state index in [1.807, 2.05) is 13.0 Å². The first-order valence-corrected chi connectivity index (χ1v) is 15.5. The van der Waals surface area contributed by atoms with Crippen molar-refractivity contribution in [3.05, 3.63) is 113 Å². The molecule has 3 amide bonds. The Labute approximate surface area is 277 Å². The molecule has 4 aromatic rings. The Morgan fingerprint density at radius 1 is 0.804 bits per heavy atom. The second kappa shape index (κ2) is 16.4. The highest BCUT2D eigenvalue weighted by Crippen LogP contribution is 2.38. The maximum atomic E-state index is 13.7. The second-order valence-corrected chi connectivity index (χ2v) is 11.5. The summed E-state index contributed by atoms with van der Waals surface area (Å²) in [4.78, 5) is 40.6. The molecule has 0 aliphatic rings. The molecule has 46 heavy (non-hydrogen) atoms. The highest BCUT2D eigenvalue weighted by Gasteiger charge is 2.20. The van der Waals surface area contributed by atoms with E-state index in [1.54, 1.807) is 84.9 Å². The largest absolute Gasteiger partial charge is 0.493 e. The highest BCUT2D eigenvalue weighted by atomic mass is 35.5. The van der Waals surface area contributed by atoms with Crippen LogP contribution in [0.4, 0.5) is 11.4 Å². The fraction of sp³-hybridized carbons (Fsp3) is 0.171. The van der Waals surface area contributed by atoms with Crippen molar-refractivity contribution in [1.82, 2.24) is 5.32 Å². The molecule has 0 saturated carbocycles. The van der Waals surface area contributed by atoms with Gasteiger partial charge in [0.1, 0.15) is 5.70 Å². The van der Waals surface area contributed by atoms with Gasteiger partial charge in [0.25, 0.3) is 11.8 Å². The third-order valence-electron chi connectivity index (χ3n) is 6.65. The Hall–Kier alpha value is -4.93. The monoisotopic (exact) mass is 659 g/mol. The number of halogens is 1. The Morgan fingerprint density at radius 3 is 2.07 bits per heavy atom. The molecule has 3 N–H and O–H groups in total. The molecule has 0 spiro atoms. The zero-order valence-electron chi connectivity index (χ0n) is 25.8. The number of hydrogen-bond acceptors (Lipinski definition) is 7. The summed E-state index contributed by atoms with van der Waals surface area (Å²) in [6.07, 6.45) is 2.09. The molecule has 0 radical (unpaired) electrons. The smallest absolute Gasteiger partial charge is 0.272 e. The topological polar surface area (TPSA) is 115 Å². The van der Waals surface area contributed by atoms with E-state index < -0.39 is 17.1 Å². The number of nitrogens with one attached hydrogen (secondary N) is 3. The minimum atomic E-state index is -0.564. The zero-order valence-corrected chi connectivity index (χ0v) is 27.3. The van der Waals surface area contributed by atoms with E-state index in [0.29, 0.717) is 51.2 Å². The predicted octanol–water partition coefficient (Wildman–Crippen LogP) is 7.28. The zero-order chi connectivity index (χ0) is 33.1. The van der Waals surface area contributed by atoms with Gasteiger partial charge in [-0.1, -0.05) is 48.9 Å². The van der Waals surface area contributed by atoms with Crippen molar-refractivity contribution < 1.29 is 28.6 Å². The van der Waals surface area contributed by atoms with Crippen LogP contribution < -0.4 is 30.2 Å². The van der Waals surface area contributed by atoms with Gasteiger partial charge >= 0.3 is 0 Å². The average Bonchev–Trinajstić information content (AvgIpc) is 3.06. The van der Waals surface area contributed by atoms with Crippen LogP contribution in [0, 0.1) is 0 Å². The molecule has 0 aliphatic carbocycles. The van der Waals surface area contributed by atoms with Crippen molar-refractivity contribution in [3.63, 3.8) is 0 Å². The van der Waals surface area contributed by atoms with Crippen LogP contribution in [-0.2, 0) is 9.59 Å². The molecule has 4 rings (SSSR count). The average molecular weight is 660 g/mol. The van der Waals surface area contributed by atoms with E-state index in [9.17, 15) is 14.4 Å². The summed E-state index contributed by atoms with van der Waals surface area (Å²) in [5, 5.41) is 8.64. The van der Waals surface area contributed by atoms with Crippen LogP contribution in [0.15, 0.2) is 102 Å². The van der Waals surface area contributed by atoms with Crippen LogP contribution in [0.2, 0.25) is 5.02 Å². The fourth-order valence-electron chi connectivity index (χ4n) is 4.41. The maximum Gasteiger partial charge on any atom is 0.272 e. The molecule has 11 heteroatoms. The van der Waals surface area contributed by atoms with Crippen molar-refractivity contribution in [2.75, 3.05) is 32.0 Å². The van der Waals surface area contributed by atoms with Gasteiger partial charge in [-0.25, -0.2) is 0 Å². The molecule has 0 aromatic heterocycles. The molecule has 1 atom stereocenters. The van der Waals surface area contributed by atoms with Crippen LogP contribution in [0.5, 0.6) is 17.2 Å². The lowest BCUT2D eigenvalue weighted by Gasteiger charge is -2.16. The highest BCUT2D eigenvalue weighted by molar-refractivity contribution is 8.00. The van der Waals surface area contributed by atoms with Crippen molar-refractivity contribution >= 4 is 58.5 Å². The standard InChI is InChI=1S/C35H34ClN3O6S/c1-5-31(35(42)38-25-14-9-13-24(36)20-25)46-27-16-10-15-26(21-27)37-34(41)28(39-33(40)23-11-7-6-8-12-23)17-22-18-29(43-2)32(45-4)30(19-22)44-3/h6-21,31H,5H2,1-4H3,(H,37,41)(H,38,42)(H,39,40)/b28-17+. The van der Waals surface area contributed by atoms with E-state index in [0.717, 1.165) is 4.90 Å². The van der Waals surface area contributed by atoms with E-state index in [-0.39, 0.29) is 11.6 Å². The lowest BCUT2D eigenvalue weighted by molar-refractivity contribution is -0.116. The van der Waals surface area contributed by atoms with Gasteiger partial charge in [0.15, 0.2) is 11.5 Å². The van der Waals surface area contributed by atoms with Crippen molar-refractivity contribution in [2.24, 2.45) is 0 Å². The number of anilines is 2. The van der Waals surface area contributed by atoms with E-state index in [4.69, 9.17) is 25.8 Å². The molecule has 0 bridgehead atoms. The molecule has 9 nitrogen and oxygen atoms in total. The lowest BCUT2D eigenvalue weighted by Crippen LogP contribution is -2.30. The summed E-state index contributed by atoms with van der Waals surface area (Å²) in [5.74, 6) is -0.0271. The summed E-state index contributed by atoms with van der Waals surface area (Å²) in [7, 11) is 4.48. The SMILES string of the molecule is CCC(Sc1cccc(NC(=O)/C(=C\c2cc(OC)c(OC)c(OC)c2)NC(=O)c2ccccc2)c1)C(=O)Nc1cccc(Cl)c1. The molecule has 4 aromatic carbocycles. The summed E-state index contributed by atoms with van der Waals surface area (Å²) in [6, 6.07) is 26.0. The van der Waals surface area contributed by atoms with Gasteiger partial charge in [0.05, 0.1) is 26.6 Å². The number of thioether (sulfide) groups is 1. The molecular formula is C35H34ClN3O6S. The van der Waals surface area contributed by atoms with Crippen LogP contribution >= 0.6 is 23.4 Å². The number of carbonyl (C=O) groups excluding carboxylic acids is 3. The van der Waals surface area contributed by atoms with E-state index in [2.05, 4.69) is 16.0 Å². The first-order valence-electron chi connectivity index (χ1n) is 14.3. The van der Waals surface area contributed by atoms with Gasteiger partial charge in [-0.05, 0) is 78.7 Å². The van der Waals surface area contributed by atoms with Gasteiger partial charge in [-0.3, -0.25) is 14.4 Å². The van der Waals surface area contributed by atoms with Gasteiger partial charge in [-0.15, -0.1) is 11.8 Å². The van der Waals surface area contributed by atoms with Gasteiger partial charge < -0.3 is 30.2 Å². The third kappa shape index (κ3) is 9.06. The van der Waals surface area contributed by atoms with Gasteiger partial charge in [0, 0.05) is 26.9 Å². The molecule has 0 heterocycles. The number of carbonyl (C=O) groups is 3. The van der Waals surface area contributed by atoms with Gasteiger partial charge in [-0.2, -0.15) is 0 Å². The van der Waals surface area contributed by atoms with E-state index >= 15 is 0 Å². The van der Waals surface area contributed by atoms with Crippen molar-refractivity contribution in [3.8, 4) is 17.2 Å². The number of rotatable bonds is 13. The summed E-state index contributed by atoms with van der Waals surface area (Å²) >= 11 is 7.43. The number of hydrogen-bond donors (Lipinski definition) is 3. The van der Waals surface area contributed by atoms with Crippen LogP contribution in [-0.4, -0.2) is 44.3 Å². The first kappa shape index (κ1) is 34.0. The first-order chi connectivity index (χ1) is 22.2.